The Hall–Kier alpha value is 0.202. The second kappa shape index (κ2) is 5.83. The van der Waals surface area contributed by atoms with Crippen LogP contribution in [0.2, 0.25) is 15.3 Å². The molecule has 0 N–H and O–H groups in total. The lowest BCUT2D eigenvalue weighted by atomic mass is 10.4. The summed E-state index contributed by atoms with van der Waals surface area (Å²) < 4.78 is 0.609. The summed E-state index contributed by atoms with van der Waals surface area (Å²) >= 11 is -0.639. The van der Waals surface area contributed by atoms with Crippen LogP contribution in [0.4, 0.5) is 0 Å². The molecule has 1 nitrogen and oxygen atoms in total. The molecule has 2 heteroatoms. The van der Waals surface area contributed by atoms with Gasteiger partial charge in [0, 0.05) is 6.42 Å². The van der Waals surface area contributed by atoms with Crippen LogP contribution in [0.25, 0.3) is 0 Å². The van der Waals surface area contributed by atoms with Crippen molar-refractivity contribution < 1.29 is 4.79 Å². The largest absolute Gasteiger partial charge is 0.301 e. The number of rotatable bonds is 7. The van der Waals surface area contributed by atoms with Gasteiger partial charge in [0.05, 0.1) is 0 Å². The van der Waals surface area contributed by atoms with Crippen molar-refractivity contribution >= 4 is 19.9 Å². The third kappa shape index (κ3) is 3.83. The molecule has 0 amide bonds. The van der Waals surface area contributed by atoms with E-state index in [1.54, 1.807) is 0 Å². The molecule has 0 bridgehead atoms. The van der Waals surface area contributed by atoms with E-state index in [4.69, 9.17) is 0 Å². The van der Waals surface area contributed by atoms with Gasteiger partial charge in [0.1, 0.15) is 5.78 Å². The quantitative estimate of drug-likeness (QED) is 0.570. The topological polar surface area (TPSA) is 17.1 Å². The highest BCUT2D eigenvalue weighted by Gasteiger charge is 2.43. The monoisotopic (exact) mass is 196 g/mol. The maximum absolute atomic E-state index is 11.1. The molecule has 13 heavy (non-hydrogen) atoms. The van der Waals surface area contributed by atoms with Crippen molar-refractivity contribution in [1.82, 2.24) is 0 Å². The third-order valence-electron chi connectivity index (χ3n) is 3.10. The number of hydrogen-bond donors (Lipinski definition) is 0. The second-order valence-corrected chi connectivity index (χ2v) is 7.80. The number of unbranched alkanes of at least 4 members (excludes halogenated alkanes) is 2. The molecule has 74 valence electrons. The number of carbonyl (C=O) groups is 1. The Labute approximate surface area is 86.3 Å². The fraction of sp³-hybridized carbons (Fsp3) is 0.909. The summed E-state index contributed by atoms with van der Waals surface area (Å²) in [6.45, 7) is 4.50. The van der Waals surface area contributed by atoms with Crippen molar-refractivity contribution in [2.75, 3.05) is 0 Å². The first kappa shape index (κ1) is 11.3. The van der Waals surface area contributed by atoms with Gasteiger partial charge in [-0.3, -0.25) is 0 Å². The Morgan fingerprint density at radius 3 is 2.00 bits per heavy atom. The Balaban J connectivity index is 2.22. The molecule has 0 aromatic heterocycles. The molecule has 0 aromatic carbocycles. The highest BCUT2D eigenvalue weighted by atomic mass is 27.2. The van der Waals surface area contributed by atoms with E-state index in [2.05, 4.69) is 13.8 Å². The van der Waals surface area contributed by atoms with E-state index in [1.165, 1.54) is 36.2 Å². The van der Waals surface area contributed by atoms with Crippen LogP contribution in [0.15, 0.2) is 0 Å². The first-order chi connectivity index (χ1) is 6.29. The van der Waals surface area contributed by atoms with Gasteiger partial charge in [-0.15, -0.1) is 0 Å². The summed E-state index contributed by atoms with van der Waals surface area (Å²) in [6, 6.07) is 0. The fourth-order valence-corrected chi connectivity index (χ4v) is 6.12. The minimum absolute atomic E-state index is 0.587. The number of ketones is 1. The summed E-state index contributed by atoms with van der Waals surface area (Å²) in [5, 5.41) is 2.85. The van der Waals surface area contributed by atoms with Gasteiger partial charge in [0.15, 0.2) is 0 Å². The molecule has 1 aliphatic carbocycles. The van der Waals surface area contributed by atoms with E-state index in [1.807, 2.05) is 0 Å². The number of carbonyl (C=O) groups excluding carboxylic acids is 1. The van der Waals surface area contributed by atoms with Gasteiger partial charge < -0.3 is 4.79 Å². The fourth-order valence-electron chi connectivity index (χ4n) is 2.07. The molecule has 1 saturated carbocycles. The van der Waals surface area contributed by atoms with Crippen LogP contribution in [-0.2, 0) is 4.79 Å². The van der Waals surface area contributed by atoms with Gasteiger partial charge in [-0.2, -0.15) is 0 Å². The van der Waals surface area contributed by atoms with Crippen LogP contribution in [0.5, 0.6) is 0 Å². The summed E-state index contributed by atoms with van der Waals surface area (Å²) in [4.78, 5) is 11.1. The molecule has 1 unspecified atom stereocenters. The standard InChI is InChI=1S/2C4H9.C3H3O.Al/c2*1-3-4-2;4-3-1-2-3;/h2*1,3-4H2,2H3;1H,2H2;. The summed E-state index contributed by atoms with van der Waals surface area (Å²) in [5.41, 5.74) is 0. The maximum atomic E-state index is 11.1. The van der Waals surface area contributed by atoms with Crippen molar-refractivity contribution in [3.63, 3.8) is 0 Å². The first-order valence-corrected chi connectivity index (χ1v) is 8.12. The van der Waals surface area contributed by atoms with Crippen molar-refractivity contribution in [2.45, 2.75) is 61.3 Å². The molecular weight excluding hydrogens is 175 g/mol. The summed E-state index contributed by atoms with van der Waals surface area (Å²) in [6.07, 6.45) is 6.28. The SMILES string of the molecule is CCC[CH2][Al]([CH2]CCC)[CH]1CC1=O. The maximum Gasteiger partial charge on any atom is 0.277 e. The highest BCUT2D eigenvalue weighted by molar-refractivity contribution is 6.68. The predicted molar refractivity (Wildman–Crippen MR) is 58.6 cm³/mol. The van der Waals surface area contributed by atoms with Gasteiger partial charge in [-0.05, 0) is 4.78 Å². The summed E-state index contributed by atoms with van der Waals surface area (Å²) in [5.74, 6) is 0.587. The van der Waals surface area contributed by atoms with Crippen molar-refractivity contribution in [3.05, 3.63) is 0 Å². The van der Waals surface area contributed by atoms with Gasteiger partial charge in [-0.1, -0.05) is 50.1 Å². The molecule has 1 atom stereocenters. The molecule has 1 rings (SSSR count). The lowest BCUT2D eigenvalue weighted by molar-refractivity contribution is -0.109. The van der Waals surface area contributed by atoms with Crippen LogP contribution >= 0.6 is 0 Å². The zero-order valence-corrected chi connectivity index (χ0v) is 10.2. The number of Topliss-reactive ketones (excluding diaryl/α,β-unsaturated/α-hetero) is 1. The van der Waals surface area contributed by atoms with Crippen LogP contribution in [-0.4, -0.2) is 19.9 Å². The van der Waals surface area contributed by atoms with Crippen molar-refractivity contribution in [3.8, 4) is 0 Å². The Bertz CT molecular complexity index is 159. The normalized spacial score (nSPS) is 20.5. The Kier molecular flexibility index (Phi) is 5.06. The van der Waals surface area contributed by atoms with Crippen LogP contribution in [0.3, 0.4) is 0 Å². The van der Waals surface area contributed by atoms with E-state index in [-0.39, 0.29) is 0 Å². The molecule has 1 aliphatic rings. The first-order valence-electron chi connectivity index (χ1n) is 5.82. The smallest absolute Gasteiger partial charge is 0.277 e. The van der Waals surface area contributed by atoms with Gasteiger partial charge in [-0.25, -0.2) is 0 Å². The summed E-state index contributed by atoms with van der Waals surface area (Å²) in [7, 11) is 0. The molecule has 0 aromatic rings. The Morgan fingerprint density at radius 2 is 1.69 bits per heavy atom. The van der Waals surface area contributed by atoms with E-state index >= 15 is 0 Å². The molecule has 0 saturated heterocycles. The van der Waals surface area contributed by atoms with Gasteiger partial charge in [0.25, 0.3) is 14.1 Å². The van der Waals surface area contributed by atoms with E-state index in [0.29, 0.717) is 10.6 Å². The molecule has 0 aliphatic heterocycles. The van der Waals surface area contributed by atoms with Gasteiger partial charge in [0.2, 0.25) is 0 Å². The molecule has 1 fully saturated rings. The molecule has 0 radical (unpaired) electrons. The van der Waals surface area contributed by atoms with Crippen molar-refractivity contribution in [2.24, 2.45) is 0 Å². The second-order valence-electron chi connectivity index (χ2n) is 4.32. The lowest BCUT2D eigenvalue weighted by Crippen LogP contribution is -2.13. The predicted octanol–water partition coefficient (Wildman–Crippen LogP) is 3.42. The Morgan fingerprint density at radius 1 is 1.23 bits per heavy atom. The zero-order chi connectivity index (χ0) is 9.68. The van der Waals surface area contributed by atoms with E-state index < -0.39 is 14.1 Å². The lowest BCUT2D eigenvalue weighted by Gasteiger charge is -2.07. The third-order valence-corrected chi connectivity index (χ3v) is 7.15. The molecular formula is C11H21AlO. The minimum Gasteiger partial charge on any atom is -0.301 e. The van der Waals surface area contributed by atoms with Crippen LogP contribution in [0.1, 0.15) is 46.0 Å². The van der Waals surface area contributed by atoms with Gasteiger partial charge >= 0.3 is 0 Å². The van der Waals surface area contributed by atoms with Crippen molar-refractivity contribution in [1.29, 1.82) is 0 Å². The van der Waals surface area contributed by atoms with E-state index in [0.717, 1.165) is 6.42 Å². The minimum atomic E-state index is -0.639. The molecule has 0 spiro atoms. The number of hydrogen-bond acceptors (Lipinski definition) is 1. The van der Waals surface area contributed by atoms with Crippen LogP contribution in [0, 0.1) is 0 Å². The van der Waals surface area contributed by atoms with Crippen LogP contribution < -0.4 is 0 Å². The zero-order valence-electron chi connectivity index (χ0n) is 9.01. The average Bonchev–Trinajstić information content (AvgIpc) is 2.83. The van der Waals surface area contributed by atoms with E-state index in [9.17, 15) is 4.79 Å². The highest BCUT2D eigenvalue weighted by Crippen LogP contribution is 2.38. The average molecular weight is 196 g/mol. The molecule has 0 heterocycles.